The number of amides is 1. The van der Waals surface area contributed by atoms with Gasteiger partial charge < -0.3 is 10.1 Å². The number of aromatic nitrogens is 6. The van der Waals surface area contributed by atoms with Crippen LogP contribution in [0.25, 0.3) is 0 Å². The molecule has 4 rings (SSSR count). The molecule has 0 fully saturated rings. The van der Waals surface area contributed by atoms with Gasteiger partial charge in [-0.2, -0.15) is 15.3 Å². The predicted octanol–water partition coefficient (Wildman–Crippen LogP) is 3.25. The molecule has 0 aliphatic carbocycles. The lowest BCUT2D eigenvalue weighted by Crippen LogP contribution is -2.15. The highest BCUT2D eigenvalue weighted by Crippen LogP contribution is 2.22. The van der Waals surface area contributed by atoms with Gasteiger partial charge in [-0.1, -0.05) is 17.7 Å². The molecule has 0 radical (unpaired) electrons. The van der Waals surface area contributed by atoms with Crippen molar-refractivity contribution in [3.63, 3.8) is 0 Å². The first kappa shape index (κ1) is 22.0. The van der Waals surface area contributed by atoms with Crippen LogP contribution in [0.3, 0.4) is 0 Å². The van der Waals surface area contributed by atoms with E-state index in [4.69, 9.17) is 16.3 Å². The lowest BCUT2D eigenvalue weighted by atomic mass is 10.3. The van der Waals surface area contributed by atoms with Crippen LogP contribution in [0.1, 0.15) is 21.9 Å². The van der Waals surface area contributed by atoms with E-state index >= 15 is 0 Å². The van der Waals surface area contributed by atoms with Crippen molar-refractivity contribution in [1.82, 2.24) is 29.3 Å². The fourth-order valence-electron chi connectivity index (χ4n) is 3.18. The fraction of sp³-hybridized carbons (Fsp3) is 0.200. The zero-order valence-electron chi connectivity index (χ0n) is 17.7. The molecule has 12 nitrogen and oxygen atoms in total. The SMILES string of the molecule is Cc1nn(Cn2ccc(C(=O)Nc3cnn(COc4cccc(Cl)c4)c3)n2)c(C)c1[N+](=O)[O-]. The Morgan fingerprint density at radius 2 is 2.06 bits per heavy atom. The van der Waals surface area contributed by atoms with Crippen LogP contribution in [-0.2, 0) is 13.4 Å². The van der Waals surface area contributed by atoms with Crippen molar-refractivity contribution in [3.05, 3.63) is 81.1 Å². The Balaban J connectivity index is 1.36. The van der Waals surface area contributed by atoms with Gasteiger partial charge in [-0.3, -0.25) is 19.6 Å². The third kappa shape index (κ3) is 5.01. The van der Waals surface area contributed by atoms with E-state index in [-0.39, 0.29) is 24.8 Å². The van der Waals surface area contributed by atoms with Crippen LogP contribution in [0.2, 0.25) is 5.02 Å². The highest BCUT2D eigenvalue weighted by Gasteiger charge is 2.22. The van der Waals surface area contributed by atoms with Gasteiger partial charge in [-0.15, -0.1) is 0 Å². The highest BCUT2D eigenvalue weighted by molar-refractivity contribution is 6.30. The molecule has 4 aromatic rings. The molecule has 0 saturated heterocycles. The summed E-state index contributed by atoms with van der Waals surface area (Å²) in [6.07, 6.45) is 4.71. The van der Waals surface area contributed by atoms with E-state index in [0.717, 1.165) is 0 Å². The summed E-state index contributed by atoms with van der Waals surface area (Å²) >= 11 is 5.93. The van der Waals surface area contributed by atoms with Gasteiger partial charge >= 0.3 is 5.69 Å². The minimum Gasteiger partial charge on any atom is -0.471 e. The van der Waals surface area contributed by atoms with Crippen molar-refractivity contribution in [2.45, 2.75) is 27.2 Å². The molecule has 1 amide bonds. The second-order valence-electron chi connectivity index (χ2n) is 7.11. The largest absolute Gasteiger partial charge is 0.471 e. The summed E-state index contributed by atoms with van der Waals surface area (Å²) < 4.78 is 10.1. The van der Waals surface area contributed by atoms with Gasteiger partial charge in [0.25, 0.3) is 5.91 Å². The summed E-state index contributed by atoms with van der Waals surface area (Å²) in [6.45, 7) is 3.46. The predicted molar refractivity (Wildman–Crippen MR) is 118 cm³/mol. The molecule has 170 valence electrons. The number of carbonyl (C=O) groups is 1. The molecule has 0 aliphatic heterocycles. The average molecular weight is 471 g/mol. The maximum absolute atomic E-state index is 12.5. The Kier molecular flexibility index (Phi) is 6.09. The Morgan fingerprint density at radius 3 is 2.79 bits per heavy atom. The normalized spacial score (nSPS) is 10.9. The second kappa shape index (κ2) is 9.12. The standard InChI is InChI=1S/C20H19ClN8O4/c1-13-19(29(31)32)14(2)28(24-13)11-26-7-6-18(25-26)20(30)23-16-9-22-27(10-16)12-33-17-5-3-4-15(21)8-17/h3-10H,11-12H2,1-2H3,(H,23,30). The van der Waals surface area contributed by atoms with Gasteiger partial charge in [-0.05, 0) is 38.1 Å². The Morgan fingerprint density at radius 1 is 1.24 bits per heavy atom. The molecule has 3 aromatic heterocycles. The van der Waals surface area contributed by atoms with E-state index < -0.39 is 10.8 Å². The number of hydrogen-bond acceptors (Lipinski definition) is 7. The number of halogens is 1. The molecular weight excluding hydrogens is 452 g/mol. The van der Waals surface area contributed by atoms with Crippen molar-refractivity contribution in [1.29, 1.82) is 0 Å². The molecule has 13 heteroatoms. The van der Waals surface area contributed by atoms with Crippen LogP contribution in [0.4, 0.5) is 11.4 Å². The third-order valence-electron chi connectivity index (χ3n) is 4.73. The quantitative estimate of drug-likeness (QED) is 0.308. The molecule has 3 heterocycles. The number of rotatable bonds is 8. The number of benzene rings is 1. The number of hydrogen-bond donors (Lipinski definition) is 1. The number of nitrogens with one attached hydrogen (secondary N) is 1. The van der Waals surface area contributed by atoms with E-state index in [1.807, 2.05) is 0 Å². The molecule has 0 bridgehead atoms. The Bertz CT molecular complexity index is 1330. The van der Waals surface area contributed by atoms with Crippen LogP contribution in [-0.4, -0.2) is 40.2 Å². The summed E-state index contributed by atoms with van der Waals surface area (Å²) in [6, 6.07) is 8.54. The molecule has 1 aromatic carbocycles. The summed E-state index contributed by atoms with van der Waals surface area (Å²) in [7, 11) is 0. The molecule has 0 atom stereocenters. The highest BCUT2D eigenvalue weighted by atomic mass is 35.5. The van der Waals surface area contributed by atoms with Crippen molar-refractivity contribution >= 4 is 28.9 Å². The first-order valence-electron chi connectivity index (χ1n) is 9.74. The van der Waals surface area contributed by atoms with Gasteiger partial charge in [0.05, 0.1) is 23.0 Å². The smallest absolute Gasteiger partial charge is 0.312 e. The number of aryl methyl sites for hydroxylation is 1. The minimum atomic E-state index is -0.462. The topological polar surface area (TPSA) is 135 Å². The van der Waals surface area contributed by atoms with Crippen LogP contribution >= 0.6 is 11.6 Å². The zero-order chi connectivity index (χ0) is 23.5. The second-order valence-corrected chi connectivity index (χ2v) is 7.55. The summed E-state index contributed by atoms with van der Waals surface area (Å²) in [4.78, 5) is 23.2. The van der Waals surface area contributed by atoms with E-state index in [1.54, 1.807) is 56.6 Å². The van der Waals surface area contributed by atoms with Gasteiger partial charge in [0.15, 0.2) is 12.4 Å². The van der Waals surface area contributed by atoms with Crippen LogP contribution in [0.15, 0.2) is 48.9 Å². The van der Waals surface area contributed by atoms with Crippen LogP contribution in [0.5, 0.6) is 5.75 Å². The van der Waals surface area contributed by atoms with E-state index in [2.05, 4.69) is 20.6 Å². The monoisotopic (exact) mass is 470 g/mol. The fourth-order valence-corrected chi connectivity index (χ4v) is 3.36. The number of nitrogens with zero attached hydrogens (tertiary/aromatic N) is 7. The molecule has 33 heavy (non-hydrogen) atoms. The third-order valence-corrected chi connectivity index (χ3v) is 4.96. The minimum absolute atomic E-state index is 0.0310. The number of carbonyl (C=O) groups excluding carboxylic acids is 1. The first-order valence-corrected chi connectivity index (χ1v) is 10.1. The van der Waals surface area contributed by atoms with Crippen LogP contribution < -0.4 is 10.1 Å². The Hall–Kier alpha value is -4.19. The molecule has 1 N–H and O–H groups in total. The zero-order valence-corrected chi connectivity index (χ0v) is 18.4. The Labute approximate surface area is 192 Å². The van der Waals surface area contributed by atoms with E-state index in [9.17, 15) is 14.9 Å². The molecular formula is C20H19ClN8O4. The van der Waals surface area contributed by atoms with Crippen LogP contribution in [0, 0.1) is 24.0 Å². The maximum atomic E-state index is 12.5. The van der Waals surface area contributed by atoms with E-state index in [0.29, 0.717) is 27.8 Å². The first-order chi connectivity index (χ1) is 15.8. The van der Waals surface area contributed by atoms with Crippen molar-refractivity contribution < 1.29 is 14.5 Å². The lowest BCUT2D eigenvalue weighted by molar-refractivity contribution is -0.386. The molecule has 0 spiro atoms. The molecule has 0 aliphatic rings. The summed E-state index contributed by atoms with van der Waals surface area (Å²) in [5, 5.41) is 27.0. The summed E-state index contributed by atoms with van der Waals surface area (Å²) in [5.74, 6) is 0.172. The van der Waals surface area contributed by atoms with Crippen molar-refractivity contribution in [3.8, 4) is 5.75 Å². The van der Waals surface area contributed by atoms with Crippen molar-refractivity contribution in [2.24, 2.45) is 0 Å². The number of anilines is 1. The maximum Gasteiger partial charge on any atom is 0.312 e. The number of ether oxygens (including phenoxy) is 1. The average Bonchev–Trinajstić information content (AvgIpc) is 3.47. The molecule has 0 unspecified atom stereocenters. The summed E-state index contributed by atoms with van der Waals surface area (Å²) in [5.41, 5.74) is 1.34. The number of nitro groups is 1. The lowest BCUT2D eigenvalue weighted by Gasteiger charge is -2.06. The van der Waals surface area contributed by atoms with Crippen molar-refractivity contribution in [2.75, 3.05) is 5.32 Å². The van der Waals surface area contributed by atoms with Gasteiger partial charge in [0, 0.05) is 11.2 Å². The van der Waals surface area contributed by atoms with Gasteiger partial charge in [-0.25, -0.2) is 9.36 Å². The van der Waals surface area contributed by atoms with Gasteiger partial charge in [0.1, 0.15) is 23.8 Å². The van der Waals surface area contributed by atoms with E-state index in [1.165, 1.54) is 20.2 Å². The molecule has 0 saturated carbocycles. The van der Waals surface area contributed by atoms with Gasteiger partial charge in [0.2, 0.25) is 0 Å².